The molecule has 2 nitrogen and oxygen atoms in total. The molecule has 110 valence electrons. The lowest BCUT2D eigenvalue weighted by molar-refractivity contribution is -0.119. The minimum Gasteiger partial charge on any atom is -0.393 e. The molecular weight excluding hydrogens is 248 g/mol. The van der Waals surface area contributed by atoms with Crippen LogP contribution in [-0.4, -0.2) is 17.0 Å². The standard InChI is InChI=1S/C18H26O2/c1-18-9-8-14-13-5-3-12(19)10-11(13)2-4-15(14)16(18)6-7-17(18)20/h14-17,20H,2-10H2,1H3/t14?,15?,16?,17-,18?/m0/s1. The van der Waals surface area contributed by atoms with Gasteiger partial charge in [-0.25, -0.2) is 0 Å². The first-order valence-corrected chi connectivity index (χ1v) is 8.50. The Bertz CT molecular complexity index is 478. The van der Waals surface area contributed by atoms with Gasteiger partial charge in [-0.2, -0.15) is 0 Å². The lowest BCUT2D eigenvalue weighted by atomic mass is 9.54. The van der Waals surface area contributed by atoms with Gasteiger partial charge in [0.2, 0.25) is 0 Å². The van der Waals surface area contributed by atoms with E-state index in [1.165, 1.54) is 31.3 Å². The van der Waals surface area contributed by atoms with Gasteiger partial charge in [0.15, 0.2) is 0 Å². The van der Waals surface area contributed by atoms with Crippen LogP contribution in [-0.2, 0) is 4.79 Å². The maximum atomic E-state index is 11.7. The second-order valence-electron chi connectivity index (χ2n) is 7.90. The molecule has 0 aromatic heterocycles. The molecule has 0 heterocycles. The third-order valence-corrected chi connectivity index (χ3v) is 7.15. The summed E-state index contributed by atoms with van der Waals surface area (Å²) in [6, 6.07) is 0. The highest BCUT2D eigenvalue weighted by atomic mass is 16.3. The number of hydrogen-bond donors (Lipinski definition) is 1. The van der Waals surface area contributed by atoms with Gasteiger partial charge < -0.3 is 5.11 Å². The van der Waals surface area contributed by atoms with Gasteiger partial charge in [-0.05, 0) is 68.1 Å². The molecule has 0 saturated heterocycles. The zero-order chi connectivity index (χ0) is 13.9. The highest BCUT2D eigenvalue weighted by molar-refractivity contribution is 5.82. The normalized spacial score (nSPS) is 47.8. The first kappa shape index (κ1) is 13.1. The number of aliphatic hydroxyl groups excluding tert-OH is 1. The first-order valence-electron chi connectivity index (χ1n) is 8.50. The van der Waals surface area contributed by atoms with Crippen LogP contribution in [0.5, 0.6) is 0 Å². The van der Waals surface area contributed by atoms with Crippen molar-refractivity contribution in [2.75, 3.05) is 0 Å². The van der Waals surface area contributed by atoms with Crippen LogP contribution >= 0.6 is 0 Å². The molecule has 4 rings (SSSR count). The van der Waals surface area contributed by atoms with E-state index in [0.717, 1.165) is 49.9 Å². The number of rotatable bonds is 0. The predicted molar refractivity (Wildman–Crippen MR) is 78.2 cm³/mol. The van der Waals surface area contributed by atoms with Crippen LogP contribution in [0.3, 0.4) is 0 Å². The summed E-state index contributed by atoms with van der Waals surface area (Å²) >= 11 is 0. The van der Waals surface area contributed by atoms with E-state index in [0.29, 0.717) is 5.78 Å². The van der Waals surface area contributed by atoms with Crippen molar-refractivity contribution >= 4 is 5.78 Å². The molecule has 1 N–H and O–H groups in total. The first-order chi connectivity index (χ1) is 9.59. The number of Topliss-reactive ketones (excluding diaryl/α,β-unsaturated/α-hetero) is 1. The third kappa shape index (κ3) is 1.70. The molecule has 20 heavy (non-hydrogen) atoms. The van der Waals surface area contributed by atoms with E-state index in [9.17, 15) is 9.90 Å². The summed E-state index contributed by atoms with van der Waals surface area (Å²) in [5.41, 5.74) is 3.36. The Morgan fingerprint density at radius 1 is 1.10 bits per heavy atom. The topological polar surface area (TPSA) is 37.3 Å². The Balaban J connectivity index is 1.65. The number of ketones is 1. The van der Waals surface area contributed by atoms with Gasteiger partial charge in [0.25, 0.3) is 0 Å². The van der Waals surface area contributed by atoms with Gasteiger partial charge in [0.1, 0.15) is 5.78 Å². The van der Waals surface area contributed by atoms with Crippen molar-refractivity contribution in [3.63, 3.8) is 0 Å². The molecule has 0 aromatic rings. The highest BCUT2D eigenvalue weighted by Gasteiger charge is 2.54. The minimum absolute atomic E-state index is 0.0724. The average molecular weight is 274 g/mol. The fourth-order valence-corrected chi connectivity index (χ4v) is 6.02. The maximum Gasteiger partial charge on any atom is 0.137 e. The van der Waals surface area contributed by atoms with Crippen LogP contribution in [0.15, 0.2) is 11.1 Å². The third-order valence-electron chi connectivity index (χ3n) is 7.15. The summed E-state index contributed by atoms with van der Waals surface area (Å²) in [4.78, 5) is 11.7. The number of allylic oxidation sites excluding steroid dienone is 2. The number of carbonyl (C=O) groups is 1. The fourth-order valence-electron chi connectivity index (χ4n) is 6.02. The molecule has 0 amide bonds. The molecule has 2 saturated carbocycles. The molecule has 5 atom stereocenters. The average Bonchev–Trinajstić information content (AvgIpc) is 2.74. The van der Waals surface area contributed by atoms with E-state index >= 15 is 0 Å². The van der Waals surface area contributed by atoms with Crippen molar-refractivity contribution in [3.8, 4) is 0 Å². The fraction of sp³-hybridized carbons (Fsp3) is 0.833. The molecule has 2 heteroatoms. The van der Waals surface area contributed by atoms with E-state index in [4.69, 9.17) is 0 Å². The van der Waals surface area contributed by atoms with Crippen molar-refractivity contribution in [1.29, 1.82) is 0 Å². The largest absolute Gasteiger partial charge is 0.393 e. The SMILES string of the molecule is CC12CCC3C4=C(CCC3C1CC[C@@H]2O)CC(=O)CC4. The molecule has 4 aliphatic rings. The van der Waals surface area contributed by atoms with Gasteiger partial charge in [-0.3, -0.25) is 4.79 Å². The summed E-state index contributed by atoms with van der Waals surface area (Å²) in [7, 11) is 0. The van der Waals surface area contributed by atoms with Crippen molar-refractivity contribution in [1.82, 2.24) is 0 Å². The Kier molecular flexibility index (Phi) is 2.89. The summed E-state index contributed by atoms with van der Waals surface area (Å²) in [6.45, 7) is 2.33. The second-order valence-corrected chi connectivity index (χ2v) is 7.90. The van der Waals surface area contributed by atoms with E-state index in [1.807, 2.05) is 0 Å². The summed E-state index contributed by atoms with van der Waals surface area (Å²) in [6.07, 6.45) is 9.60. The van der Waals surface area contributed by atoms with Crippen LogP contribution < -0.4 is 0 Å². The summed E-state index contributed by atoms with van der Waals surface area (Å²) in [5.74, 6) is 2.72. The van der Waals surface area contributed by atoms with Gasteiger partial charge >= 0.3 is 0 Å². The van der Waals surface area contributed by atoms with Crippen LogP contribution in [0.2, 0.25) is 0 Å². The number of fused-ring (bicyclic) bond motifs is 4. The molecule has 0 radical (unpaired) electrons. The van der Waals surface area contributed by atoms with E-state index in [-0.39, 0.29) is 11.5 Å². The summed E-state index contributed by atoms with van der Waals surface area (Å²) < 4.78 is 0. The summed E-state index contributed by atoms with van der Waals surface area (Å²) in [5, 5.41) is 10.4. The van der Waals surface area contributed by atoms with Crippen LogP contribution in [0, 0.1) is 23.2 Å². The minimum atomic E-state index is -0.0724. The van der Waals surface area contributed by atoms with Gasteiger partial charge in [0.05, 0.1) is 6.10 Å². The Morgan fingerprint density at radius 2 is 1.95 bits per heavy atom. The zero-order valence-electron chi connectivity index (χ0n) is 12.5. The molecule has 0 aromatic carbocycles. The van der Waals surface area contributed by atoms with Crippen molar-refractivity contribution in [3.05, 3.63) is 11.1 Å². The Hall–Kier alpha value is -0.630. The lowest BCUT2D eigenvalue weighted by Crippen LogP contribution is -2.45. The van der Waals surface area contributed by atoms with Crippen molar-refractivity contribution in [2.45, 2.75) is 70.8 Å². The van der Waals surface area contributed by atoms with E-state index < -0.39 is 0 Å². The van der Waals surface area contributed by atoms with Gasteiger partial charge in [-0.1, -0.05) is 18.1 Å². The van der Waals surface area contributed by atoms with Gasteiger partial charge in [0, 0.05) is 12.8 Å². The number of carbonyl (C=O) groups excluding carboxylic acids is 1. The van der Waals surface area contributed by atoms with Gasteiger partial charge in [-0.15, -0.1) is 0 Å². The Labute approximate surface area is 121 Å². The zero-order valence-corrected chi connectivity index (χ0v) is 12.5. The van der Waals surface area contributed by atoms with E-state index in [1.54, 1.807) is 5.57 Å². The quantitative estimate of drug-likeness (QED) is 0.685. The molecule has 0 aliphatic heterocycles. The molecule has 2 fully saturated rings. The maximum absolute atomic E-state index is 11.7. The van der Waals surface area contributed by atoms with Crippen LogP contribution in [0.1, 0.15) is 64.7 Å². The Morgan fingerprint density at radius 3 is 2.80 bits per heavy atom. The highest BCUT2D eigenvalue weighted by Crippen LogP contribution is 2.60. The number of hydrogen-bond acceptors (Lipinski definition) is 2. The number of aliphatic hydroxyl groups is 1. The van der Waals surface area contributed by atoms with Crippen molar-refractivity contribution in [2.24, 2.45) is 23.2 Å². The molecule has 4 aliphatic carbocycles. The molecular formula is C18H26O2. The molecule has 4 unspecified atom stereocenters. The molecule has 0 bridgehead atoms. The van der Waals surface area contributed by atoms with E-state index in [2.05, 4.69) is 6.92 Å². The van der Waals surface area contributed by atoms with Crippen LogP contribution in [0.25, 0.3) is 0 Å². The lowest BCUT2D eigenvalue weighted by Gasteiger charge is -2.51. The van der Waals surface area contributed by atoms with Crippen molar-refractivity contribution < 1.29 is 9.90 Å². The predicted octanol–water partition coefficient (Wildman–Crippen LogP) is 3.63. The van der Waals surface area contributed by atoms with Crippen LogP contribution in [0.4, 0.5) is 0 Å². The molecule has 0 spiro atoms. The monoisotopic (exact) mass is 274 g/mol. The second kappa shape index (κ2) is 4.43. The smallest absolute Gasteiger partial charge is 0.137 e.